The fraction of sp³-hybridized carbons (Fsp3) is 0.593. The molecule has 18 heteroatoms. The first-order valence-corrected chi connectivity index (χ1v) is 15.9. The molecule has 2 aromatic rings. The van der Waals surface area contributed by atoms with Gasteiger partial charge in [-0.15, -0.1) is 0 Å². The van der Waals surface area contributed by atoms with E-state index in [0.29, 0.717) is 17.7 Å². The molecule has 45 heavy (non-hydrogen) atoms. The molecule has 248 valence electrons. The Bertz CT molecular complexity index is 1510. The SMILES string of the molecule is CC(C)=NOC1C[C@H](n2cc(C#CCOCSSC(C)(C)CNC(=O)C(F)(F)F)c3c(=O)[nH]c(/N=C\N(C)C)nc32)O[C@@H]1CO. The molecule has 1 fully saturated rings. The lowest BCUT2D eigenvalue weighted by Crippen LogP contribution is -2.42. The van der Waals surface area contributed by atoms with Crippen molar-refractivity contribution in [2.45, 2.75) is 63.5 Å². The number of aliphatic hydroxyl groups is 1. The second kappa shape index (κ2) is 15.9. The zero-order valence-electron chi connectivity index (χ0n) is 25.6. The summed E-state index contributed by atoms with van der Waals surface area (Å²) in [5, 5.41) is 16.0. The Balaban J connectivity index is 1.74. The maximum absolute atomic E-state index is 13.2. The van der Waals surface area contributed by atoms with Gasteiger partial charge >= 0.3 is 12.1 Å². The third-order valence-corrected chi connectivity index (χ3v) is 8.84. The number of oxime groups is 1. The number of amides is 1. The number of alkyl halides is 3. The molecular formula is C27H36F3N7O6S2. The highest BCUT2D eigenvalue weighted by molar-refractivity contribution is 8.77. The van der Waals surface area contributed by atoms with E-state index in [2.05, 4.69) is 32.0 Å². The zero-order valence-corrected chi connectivity index (χ0v) is 27.2. The molecule has 0 bridgehead atoms. The van der Waals surface area contributed by atoms with Crippen LogP contribution in [0.2, 0.25) is 0 Å². The van der Waals surface area contributed by atoms with E-state index in [1.165, 1.54) is 27.9 Å². The quantitative estimate of drug-likeness (QED) is 0.0549. The van der Waals surface area contributed by atoms with E-state index in [1.807, 2.05) is 5.32 Å². The van der Waals surface area contributed by atoms with Gasteiger partial charge in [-0.3, -0.25) is 14.6 Å². The first-order chi connectivity index (χ1) is 21.1. The lowest BCUT2D eigenvalue weighted by molar-refractivity contribution is -0.173. The van der Waals surface area contributed by atoms with Crippen molar-refractivity contribution in [2.24, 2.45) is 10.1 Å². The van der Waals surface area contributed by atoms with Crippen LogP contribution in [-0.2, 0) is 19.1 Å². The van der Waals surface area contributed by atoms with E-state index in [9.17, 15) is 27.9 Å². The number of carbonyl (C=O) groups is 1. The summed E-state index contributed by atoms with van der Waals surface area (Å²) in [6.07, 6.45) is -3.33. The highest BCUT2D eigenvalue weighted by Gasteiger charge is 2.40. The Labute approximate surface area is 265 Å². The Morgan fingerprint density at radius 1 is 1.38 bits per heavy atom. The molecule has 13 nitrogen and oxygen atoms in total. The number of carbonyl (C=O) groups excluding carboxylic acids is 1. The van der Waals surface area contributed by atoms with Crippen LogP contribution in [0.4, 0.5) is 19.1 Å². The molecule has 0 radical (unpaired) electrons. The number of rotatable bonds is 13. The molecule has 3 atom stereocenters. The molecule has 3 N–H and O–H groups in total. The molecule has 3 heterocycles. The zero-order chi connectivity index (χ0) is 33.4. The van der Waals surface area contributed by atoms with E-state index in [1.54, 1.807) is 57.5 Å². The van der Waals surface area contributed by atoms with E-state index < -0.39 is 40.8 Å². The highest BCUT2D eigenvalue weighted by atomic mass is 33.1. The Morgan fingerprint density at radius 3 is 2.76 bits per heavy atom. The first kappa shape index (κ1) is 36.2. The summed E-state index contributed by atoms with van der Waals surface area (Å²) in [6, 6.07) is 0. The van der Waals surface area contributed by atoms with E-state index >= 15 is 0 Å². The number of ether oxygens (including phenoxy) is 2. The predicted octanol–water partition coefficient (Wildman–Crippen LogP) is 3.17. The topological polar surface area (TPSA) is 156 Å². The summed E-state index contributed by atoms with van der Waals surface area (Å²) < 4.78 is 49.8. The molecule has 0 aliphatic carbocycles. The number of nitrogens with one attached hydrogen (secondary N) is 2. The average Bonchev–Trinajstić information content (AvgIpc) is 3.54. The largest absolute Gasteiger partial charge is 0.471 e. The number of aliphatic imine (C=N–C) groups is 1. The minimum absolute atomic E-state index is 0.00117. The maximum Gasteiger partial charge on any atom is 0.471 e. The second-order valence-corrected chi connectivity index (χ2v) is 13.8. The van der Waals surface area contributed by atoms with Crippen molar-refractivity contribution in [1.29, 1.82) is 0 Å². The van der Waals surface area contributed by atoms with Crippen molar-refractivity contribution in [2.75, 3.05) is 39.8 Å². The number of halogens is 3. The van der Waals surface area contributed by atoms with Crippen LogP contribution in [0.1, 0.15) is 45.9 Å². The molecule has 1 unspecified atom stereocenters. The van der Waals surface area contributed by atoms with E-state index in [4.69, 9.17) is 14.3 Å². The third kappa shape index (κ3) is 10.7. The first-order valence-electron chi connectivity index (χ1n) is 13.6. The van der Waals surface area contributed by atoms with Crippen molar-refractivity contribution >= 4 is 56.5 Å². The van der Waals surface area contributed by atoms with Crippen LogP contribution in [0.25, 0.3) is 11.0 Å². The Hall–Kier alpha value is -3.24. The Morgan fingerprint density at radius 2 is 2.11 bits per heavy atom. The number of fused-ring (bicyclic) bond motifs is 1. The predicted molar refractivity (Wildman–Crippen MR) is 167 cm³/mol. The fourth-order valence-electron chi connectivity index (χ4n) is 3.87. The standard InChI is InChI=1S/C27H36F3N7O6S2/c1-16(2)35-43-18-10-20(42-19(18)12-38)37-11-17(21-22(37)33-25(34-23(21)39)32-14-36(5)6)8-7-9-41-15-44-45-26(3,4)13-31-24(40)27(28,29)30/h11,14,18-20,38H,9-10,12-13,15H2,1-6H3,(H,31,40)(H,33,34,39)/b32-14-/t18?,19-,20-/m1/s1. The van der Waals surface area contributed by atoms with Gasteiger partial charge in [0.15, 0.2) is 11.8 Å². The minimum Gasteiger partial charge on any atom is -0.394 e. The summed E-state index contributed by atoms with van der Waals surface area (Å²) in [5.74, 6) is 4.07. The van der Waals surface area contributed by atoms with Gasteiger partial charge in [-0.2, -0.15) is 18.2 Å². The van der Waals surface area contributed by atoms with Crippen molar-refractivity contribution in [3.8, 4) is 11.8 Å². The van der Waals surface area contributed by atoms with Gasteiger partial charge in [-0.05, 0) is 27.7 Å². The van der Waals surface area contributed by atoms with Crippen molar-refractivity contribution in [1.82, 2.24) is 24.8 Å². The lowest BCUT2D eigenvalue weighted by atomic mass is 10.2. The Kier molecular flexibility index (Phi) is 12.8. The van der Waals surface area contributed by atoms with Crippen LogP contribution in [-0.4, -0.2) is 105 Å². The lowest BCUT2D eigenvalue weighted by Gasteiger charge is -2.23. The number of H-pyrrole nitrogens is 1. The van der Waals surface area contributed by atoms with Gasteiger partial charge < -0.3 is 34.2 Å². The summed E-state index contributed by atoms with van der Waals surface area (Å²) in [4.78, 5) is 42.9. The summed E-state index contributed by atoms with van der Waals surface area (Å²) in [5.41, 5.74) is 0.884. The number of aliphatic hydroxyl groups excluding tert-OH is 1. The summed E-state index contributed by atoms with van der Waals surface area (Å²) in [6.45, 7) is 6.47. The van der Waals surface area contributed by atoms with Crippen molar-refractivity contribution in [3.63, 3.8) is 0 Å². The average molecular weight is 676 g/mol. The minimum atomic E-state index is -4.93. The number of aromatic amines is 1. The smallest absolute Gasteiger partial charge is 0.394 e. The third-order valence-electron chi connectivity index (χ3n) is 5.87. The molecule has 1 aliphatic rings. The fourth-order valence-corrected chi connectivity index (χ4v) is 6.01. The van der Waals surface area contributed by atoms with Crippen LogP contribution in [0.3, 0.4) is 0 Å². The molecule has 1 saturated heterocycles. The van der Waals surface area contributed by atoms with Crippen LogP contribution in [0, 0.1) is 11.8 Å². The van der Waals surface area contributed by atoms with Gasteiger partial charge in [-0.1, -0.05) is 38.6 Å². The molecule has 0 spiro atoms. The number of hydrogen-bond acceptors (Lipinski definition) is 11. The van der Waals surface area contributed by atoms with Crippen LogP contribution in [0.5, 0.6) is 0 Å². The molecular weight excluding hydrogens is 639 g/mol. The monoisotopic (exact) mass is 675 g/mol. The molecule has 0 aromatic carbocycles. The number of nitrogens with zero attached hydrogens (tertiary/aromatic N) is 5. The molecule has 0 saturated carbocycles. The molecule has 2 aromatic heterocycles. The van der Waals surface area contributed by atoms with E-state index in [0.717, 1.165) is 0 Å². The van der Waals surface area contributed by atoms with Crippen LogP contribution in [0.15, 0.2) is 21.1 Å². The van der Waals surface area contributed by atoms with Gasteiger partial charge in [0.25, 0.3) is 5.56 Å². The molecule has 3 rings (SSSR count). The number of aromatic nitrogens is 3. The van der Waals surface area contributed by atoms with E-state index in [-0.39, 0.29) is 42.7 Å². The molecule has 1 aliphatic heterocycles. The summed E-state index contributed by atoms with van der Waals surface area (Å²) >= 11 is 0. The van der Waals surface area contributed by atoms with Gasteiger partial charge in [-0.25, -0.2) is 4.99 Å². The summed E-state index contributed by atoms with van der Waals surface area (Å²) in [7, 11) is 6.07. The van der Waals surface area contributed by atoms with Crippen molar-refractivity contribution in [3.05, 3.63) is 22.1 Å². The van der Waals surface area contributed by atoms with Gasteiger partial charge in [0.05, 0.1) is 29.6 Å². The van der Waals surface area contributed by atoms with Crippen LogP contribution >= 0.6 is 21.6 Å². The van der Waals surface area contributed by atoms with Gasteiger partial charge in [0.1, 0.15) is 24.9 Å². The normalized spacial score (nSPS) is 18.6. The highest BCUT2D eigenvalue weighted by Crippen LogP contribution is 2.36. The van der Waals surface area contributed by atoms with Crippen LogP contribution < -0.4 is 10.9 Å². The van der Waals surface area contributed by atoms with Gasteiger partial charge in [0, 0.05) is 38.0 Å². The van der Waals surface area contributed by atoms with Crippen molar-refractivity contribution < 1.29 is 37.4 Å². The van der Waals surface area contributed by atoms with Gasteiger partial charge in [0.2, 0.25) is 5.95 Å². The number of hydrogen-bond donors (Lipinski definition) is 3. The second-order valence-electron chi connectivity index (χ2n) is 10.9. The molecule has 1 amide bonds. The maximum atomic E-state index is 13.2.